The molecule has 1 N–H and O–H groups in total. The van der Waals surface area contributed by atoms with Crippen molar-refractivity contribution < 1.29 is 9.53 Å². The monoisotopic (exact) mass is 219 g/mol. The molecule has 2 rings (SSSR count). The molecule has 0 saturated carbocycles. The second kappa shape index (κ2) is 4.66. The first-order valence-electron chi connectivity index (χ1n) is 5.64. The third-order valence-electron chi connectivity index (χ3n) is 3.05. The van der Waals surface area contributed by atoms with Crippen molar-refractivity contribution in [3.05, 3.63) is 28.8 Å². The predicted octanol–water partition coefficient (Wildman–Crippen LogP) is 1.59. The van der Waals surface area contributed by atoms with E-state index in [2.05, 4.69) is 5.32 Å². The van der Waals surface area contributed by atoms with Gasteiger partial charge in [-0.3, -0.25) is 4.79 Å². The lowest BCUT2D eigenvalue weighted by Gasteiger charge is -2.10. The second-order valence-electron chi connectivity index (χ2n) is 4.13. The molecule has 0 atom stereocenters. The molecule has 0 saturated heterocycles. The van der Waals surface area contributed by atoms with E-state index < -0.39 is 0 Å². The number of ketones is 1. The summed E-state index contributed by atoms with van der Waals surface area (Å²) in [6.07, 6.45) is 3.37. The number of rotatable bonds is 4. The molecule has 3 nitrogen and oxygen atoms in total. The molecule has 0 heterocycles. The number of methoxy groups -OCH3 is 1. The number of likely N-dealkylation sites (N-methyl/N-ethyl adjacent to an activating group) is 1. The van der Waals surface area contributed by atoms with Crippen molar-refractivity contribution in [2.45, 2.75) is 19.3 Å². The van der Waals surface area contributed by atoms with Crippen LogP contribution in [0.4, 0.5) is 0 Å². The Morgan fingerprint density at radius 3 is 2.69 bits per heavy atom. The van der Waals surface area contributed by atoms with E-state index in [4.69, 9.17) is 4.74 Å². The Hall–Kier alpha value is -1.35. The highest BCUT2D eigenvalue weighted by molar-refractivity contribution is 6.00. The van der Waals surface area contributed by atoms with Gasteiger partial charge in [-0.2, -0.15) is 0 Å². The van der Waals surface area contributed by atoms with Crippen LogP contribution in [0.25, 0.3) is 0 Å². The van der Waals surface area contributed by atoms with E-state index in [1.54, 1.807) is 14.2 Å². The van der Waals surface area contributed by atoms with Gasteiger partial charge in [-0.05, 0) is 49.6 Å². The van der Waals surface area contributed by atoms with E-state index in [1.165, 1.54) is 17.5 Å². The number of fused-ring (bicyclic) bond motifs is 1. The van der Waals surface area contributed by atoms with Crippen LogP contribution in [0.15, 0.2) is 12.1 Å². The number of Topliss-reactive ketones (excluding diaryl/α,β-unsaturated/α-hetero) is 1. The minimum Gasteiger partial charge on any atom is -0.496 e. The molecule has 86 valence electrons. The van der Waals surface area contributed by atoms with Crippen LogP contribution in [0.3, 0.4) is 0 Å². The number of carbonyl (C=O) groups excluding carboxylic acids is 1. The molecule has 1 aromatic carbocycles. The molecule has 16 heavy (non-hydrogen) atoms. The van der Waals surface area contributed by atoms with Gasteiger partial charge in [0.2, 0.25) is 0 Å². The van der Waals surface area contributed by atoms with E-state index in [0.29, 0.717) is 17.9 Å². The van der Waals surface area contributed by atoms with Gasteiger partial charge in [-0.1, -0.05) is 0 Å². The zero-order chi connectivity index (χ0) is 11.5. The van der Waals surface area contributed by atoms with Crippen LogP contribution in [-0.2, 0) is 12.8 Å². The molecule has 0 bridgehead atoms. The number of hydrogen-bond donors (Lipinski definition) is 1. The number of ether oxygens (including phenoxy) is 1. The van der Waals surface area contributed by atoms with Crippen molar-refractivity contribution in [2.24, 2.45) is 0 Å². The van der Waals surface area contributed by atoms with Gasteiger partial charge in [0.05, 0.1) is 19.2 Å². The molecule has 1 aromatic rings. The van der Waals surface area contributed by atoms with Gasteiger partial charge in [0.15, 0.2) is 5.78 Å². The highest BCUT2D eigenvalue weighted by Gasteiger charge is 2.18. The SMILES string of the molecule is CNCC(=O)c1cc2c(cc1OC)CCC2. The molecule has 3 heteroatoms. The zero-order valence-corrected chi connectivity index (χ0v) is 9.80. The van der Waals surface area contributed by atoms with Crippen LogP contribution < -0.4 is 10.1 Å². The number of carbonyl (C=O) groups is 1. The van der Waals surface area contributed by atoms with Gasteiger partial charge in [0.1, 0.15) is 5.75 Å². The summed E-state index contributed by atoms with van der Waals surface area (Å²) in [6.45, 7) is 0.356. The van der Waals surface area contributed by atoms with Crippen molar-refractivity contribution in [2.75, 3.05) is 20.7 Å². The third-order valence-corrected chi connectivity index (χ3v) is 3.05. The van der Waals surface area contributed by atoms with Crippen LogP contribution in [0.2, 0.25) is 0 Å². The van der Waals surface area contributed by atoms with E-state index in [-0.39, 0.29) is 5.78 Å². The molecule has 0 spiro atoms. The van der Waals surface area contributed by atoms with Gasteiger partial charge in [-0.25, -0.2) is 0 Å². The minimum absolute atomic E-state index is 0.0917. The molecule has 0 fully saturated rings. The molecular weight excluding hydrogens is 202 g/mol. The van der Waals surface area contributed by atoms with Crippen LogP contribution in [-0.4, -0.2) is 26.5 Å². The van der Waals surface area contributed by atoms with Crippen LogP contribution in [0.5, 0.6) is 5.75 Å². The van der Waals surface area contributed by atoms with Crippen molar-refractivity contribution >= 4 is 5.78 Å². The summed E-state index contributed by atoms with van der Waals surface area (Å²) in [5.41, 5.74) is 3.34. The van der Waals surface area contributed by atoms with Crippen LogP contribution in [0.1, 0.15) is 27.9 Å². The van der Waals surface area contributed by atoms with Gasteiger partial charge < -0.3 is 10.1 Å². The minimum atomic E-state index is 0.0917. The average molecular weight is 219 g/mol. The largest absolute Gasteiger partial charge is 0.496 e. The summed E-state index contributed by atoms with van der Waals surface area (Å²) < 4.78 is 5.29. The zero-order valence-electron chi connectivity index (χ0n) is 9.80. The fraction of sp³-hybridized carbons (Fsp3) is 0.462. The molecular formula is C13H17NO2. The van der Waals surface area contributed by atoms with Crippen molar-refractivity contribution in [1.82, 2.24) is 5.32 Å². The Morgan fingerprint density at radius 2 is 2.06 bits per heavy atom. The maximum atomic E-state index is 11.9. The van der Waals surface area contributed by atoms with Crippen molar-refractivity contribution in [3.8, 4) is 5.75 Å². The number of nitrogens with one attached hydrogen (secondary N) is 1. The number of hydrogen-bond acceptors (Lipinski definition) is 3. The van der Waals surface area contributed by atoms with E-state index in [9.17, 15) is 4.79 Å². The second-order valence-corrected chi connectivity index (χ2v) is 4.13. The normalized spacial score (nSPS) is 13.6. The summed E-state index contributed by atoms with van der Waals surface area (Å²) in [4.78, 5) is 11.9. The quantitative estimate of drug-likeness (QED) is 0.781. The fourth-order valence-electron chi connectivity index (χ4n) is 2.24. The van der Waals surface area contributed by atoms with Gasteiger partial charge >= 0.3 is 0 Å². The molecule has 0 amide bonds. The van der Waals surface area contributed by atoms with Gasteiger partial charge in [0.25, 0.3) is 0 Å². The number of aryl methyl sites for hydroxylation is 2. The summed E-state index contributed by atoms with van der Waals surface area (Å²) >= 11 is 0. The molecule has 1 aliphatic carbocycles. The molecule has 0 radical (unpaired) electrons. The topological polar surface area (TPSA) is 38.3 Å². The first-order chi connectivity index (χ1) is 7.76. The molecule has 0 unspecified atom stereocenters. The lowest BCUT2D eigenvalue weighted by Crippen LogP contribution is -2.19. The lowest BCUT2D eigenvalue weighted by molar-refractivity contribution is 0.0990. The standard InChI is InChI=1S/C13H17NO2/c1-14-8-12(15)11-6-9-4-3-5-10(9)7-13(11)16-2/h6-7,14H,3-5,8H2,1-2H3. The first-order valence-corrected chi connectivity index (χ1v) is 5.64. The maximum absolute atomic E-state index is 11.9. The summed E-state index contributed by atoms with van der Waals surface area (Å²) in [5.74, 6) is 0.801. The van der Waals surface area contributed by atoms with E-state index in [0.717, 1.165) is 12.8 Å². The van der Waals surface area contributed by atoms with E-state index in [1.807, 2.05) is 12.1 Å². The third kappa shape index (κ3) is 1.95. The summed E-state index contributed by atoms with van der Waals surface area (Å²) in [5, 5.41) is 2.88. The smallest absolute Gasteiger partial charge is 0.180 e. The lowest BCUT2D eigenvalue weighted by atomic mass is 10.0. The maximum Gasteiger partial charge on any atom is 0.180 e. The van der Waals surface area contributed by atoms with Crippen molar-refractivity contribution in [1.29, 1.82) is 0 Å². The highest BCUT2D eigenvalue weighted by Crippen LogP contribution is 2.29. The summed E-state index contributed by atoms with van der Waals surface area (Å²) in [6, 6.07) is 4.02. The average Bonchev–Trinajstić information content (AvgIpc) is 2.74. The fourth-order valence-corrected chi connectivity index (χ4v) is 2.24. The Balaban J connectivity index is 2.39. The van der Waals surface area contributed by atoms with Gasteiger partial charge in [0, 0.05) is 0 Å². The number of benzene rings is 1. The van der Waals surface area contributed by atoms with Gasteiger partial charge in [-0.15, -0.1) is 0 Å². The Morgan fingerprint density at radius 1 is 1.38 bits per heavy atom. The molecule has 0 aromatic heterocycles. The first kappa shape index (κ1) is 11.1. The molecule has 0 aliphatic heterocycles. The van der Waals surface area contributed by atoms with Crippen LogP contribution in [0, 0.1) is 0 Å². The Kier molecular flexibility index (Phi) is 3.25. The van der Waals surface area contributed by atoms with Crippen LogP contribution >= 0.6 is 0 Å². The van der Waals surface area contributed by atoms with Crippen molar-refractivity contribution in [3.63, 3.8) is 0 Å². The Bertz CT molecular complexity index is 413. The highest BCUT2D eigenvalue weighted by atomic mass is 16.5. The van der Waals surface area contributed by atoms with E-state index >= 15 is 0 Å². The Labute approximate surface area is 95.8 Å². The predicted molar refractivity (Wildman–Crippen MR) is 63.3 cm³/mol. The molecule has 1 aliphatic rings. The summed E-state index contributed by atoms with van der Waals surface area (Å²) in [7, 11) is 3.39.